The average Bonchev–Trinajstić information content (AvgIpc) is 1.96. The van der Waals surface area contributed by atoms with Crippen molar-refractivity contribution in [3.63, 3.8) is 0 Å². The molecule has 5 heteroatoms. The van der Waals surface area contributed by atoms with Gasteiger partial charge < -0.3 is 15.2 Å². The van der Waals surface area contributed by atoms with E-state index in [9.17, 15) is 4.79 Å². The molecule has 5 nitrogen and oxygen atoms in total. The van der Waals surface area contributed by atoms with Crippen molar-refractivity contribution >= 4 is 6.09 Å². The molecule has 0 radical (unpaired) electrons. The fraction of sp³-hybridized carbons (Fsp3) is 0.667. The maximum absolute atomic E-state index is 9.87. The Morgan fingerprint density at radius 3 is 2.91 bits per heavy atom. The predicted molar refractivity (Wildman–Crippen MR) is 37.1 cm³/mol. The molecule has 0 aliphatic rings. The number of nitriles is 1. The maximum Gasteiger partial charge on any atom is 0.404 e. The highest BCUT2D eigenvalue weighted by Gasteiger charge is 1.91. The van der Waals surface area contributed by atoms with E-state index in [1.54, 1.807) is 0 Å². The van der Waals surface area contributed by atoms with Crippen molar-refractivity contribution in [2.24, 2.45) is 0 Å². The first-order valence-electron chi connectivity index (χ1n) is 3.19. The molecule has 0 spiro atoms. The van der Waals surface area contributed by atoms with Crippen LogP contribution in [0.25, 0.3) is 0 Å². The lowest BCUT2D eigenvalue weighted by atomic mass is 10.5. The van der Waals surface area contributed by atoms with Gasteiger partial charge in [0.2, 0.25) is 0 Å². The number of carboxylic acid groups (broad SMARTS) is 1. The first-order valence-corrected chi connectivity index (χ1v) is 3.19. The monoisotopic (exact) mass is 158 g/mol. The third-order valence-electron chi connectivity index (χ3n) is 0.881. The third-order valence-corrected chi connectivity index (χ3v) is 0.881. The number of rotatable bonds is 5. The van der Waals surface area contributed by atoms with Crippen molar-refractivity contribution in [1.82, 2.24) is 5.32 Å². The Kier molecular flexibility index (Phi) is 6.04. The smallest absolute Gasteiger partial charge is 0.404 e. The molecule has 0 unspecified atom stereocenters. The minimum atomic E-state index is -1.06. The van der Waals surface area contributed by atoms with E-state index in [1.807, 2.05) is 6.07 Å². The van der Waals surface area contributed by atoms with Crippen LogP contribution in [0.15, 0.2) is 0 Å². The molecule has 62 valence electrons. The molecular formula is C6H10N2O3. The average molecular weight is 158 g/mol. The number of ether oxygens (including phenoxy) is 1. The second-order valence-electron chi connectivity index (χ2n) is 1.75. The molecule has 0 aromatic rings. The molecule has 0 bridgehead atoms. The van der Waals surface area contributed by atoms with Crippen LogP contribution in [0.4, 0.5) is 4.79 Å². The summed E-state index contributed by atoms with van der Waals surface area (Å²) in [4.78, 5) is 9.87. The second kappa shape index (κ2) is 6.83. The Morgan fingerprint density at radius 2 is 2.36 bits per heavy atom. The quantitative estimate of drug-likeness (QED) is 0.559. The van der Waals surface area contributed by atoms with Gasteiger partial charge in [0.25, 0.3) is 0 Å². The number of amides is 1. The van der Waals surface area contributed by atoms with Crippen LogP contribution in [-0.2, 0) is 4.74 Å². The molecule has 0 fully saturated rings. The lowest BCUT2D eigenvalue weighted by molar-refractivity contribution is 0.137. The zero-order chi connectivity index (χ0) is 8.53. The Morgan fingerprint density at radius 1 is 1.64 bits per heavy atom. The fourth-order valence-corrected chi connectivity index (χ4v) is 0.450. The molecule has 0 aliphatic carbocycles. The van der Waals surface area contributed by atoms with Crippen LogP contribution < -0.4 is 5.32 Å². The fourth-order valence-electron chi connectivity index (χ4n) is 0.450. The zero-order valence-corrected chi connectivity index (χ0v) is 6.04. The van der Waals surface area contributed by atoms with Crippen molar-refractivity contribution in [3.8, 4) is 6.07 Å². The largest absolute Gasteiger partial charge is 0.465 e. The van der Waals surface area contributed by atoms with Crippen molar-refractivity contribution in [1.29, 1.82) is 5.26 Å². The van der Waals surface area contributed by atoms with Crippen LogP contribution in [0, 0.1) is 11.3 Å². The number of hydrogen-bond donors (Lipinski definition) is 2. The first kappa shape index (κ1) is 9.72. The maximum atomic E-state index is 9.87. The summed E-state index contributed by atoms with van der Waals surface area (Å²) < 4.78 is 4.88. The lowest BCUT2D eigenvalue weighted by Crippen LogP contribution is -2.25. The van der Waals surface area contributed by atoms with Crippen LogP contribution in [0.3, 0.4) is 0 Å². The molecule has 0 saturated heterocycles. The van der Waals surface area contributed by atoms with Crippen LogP contribution in [0.2, 0.25) is 0 Å². The van der Waals surface area contributed by atoms with Crippen molar-refractivity contribution in [3.05, 3.63) is 0 Å². The van der Waals surface area contributed by atoms with E-state index in [4.69, 9.17) is 15.1 Å². The van der Waals surface area contributed by atoms with Gasteiger partial charge in [-0.15, -0.1) is 0 Å². The summed E-state index contributed by atoms with van der Waals surface area (Å²) in [6, 6.07) is 1.91. The zero-order valence-electron chi connectivity index (χ0n) is 6.04. The molecule has 11 heavy (non-hydrogen) atoms. The normalized spacial score (nSPS) is 8.64. The molecule has 1 amide bonds. The van der Waals surface area contributed by atoms with Gasteiger partial charge in [0, 0.05) is 6.54 Å². The summed E-state index contributed by atoms with van der Waals surface area (Å²) in [7, 11) is 0. The van der Waals surface area contributed by atoms with Gasteiger partial charge in [-0.25, -0.2) is 4.79 Å². The molecule has 0 heterocycles. The summed E-state index contributed by atoms with van der Waals surface area (Å²) >= 11 is 0. The second-order valence-corrected chi connectivity index (χ2v) is 1.75. The van der Waals surface area contributed by atoms with Crippen LogP contribution in [0.1, 0.15) is 6.42 Å². The standard InChI is InChI=1S/C6H10N2O3/c7-2-1-4-11-5-3-8-6(9)10/h8H,1,3-5H2,(H,9,10). The van der Waals surface area contributed by atoms with E-state index in [2.05, 4.69) is 5.32 Å². The summed E-state index contributed by atoms with van der Waals surface area (Å²) in [5.41, 5.74) is 0. The van der Waals surface area contributed by atoms with Gasteiger partial charge in [0.05, 0.1) is 25.7 Å². The van der Waals surface area contributed by atoms with E-state index in [0.717, 1.165) is 0 Å². The van der Waals surface area contributed by atoms with Gasteiger partial charge in [-0.2, -0.15) is 5.26 Å². The number of carbonyl (C=O) groups is 1. The highest BCUT2D eigenvalue weighted by molar-refractivity contribution is 5.64. The topological polar surface area (TPSA) is 82.3 Å². The van der Waals surface area contributed by atoms with Crippen LogP contribution in [-0.4, -0.2) is 31.0 Å². The highest BCUT2D eigenvalue weighted by Crippen LogP contribution is 1.78. The summed E-state index contributed by atoms with van der Waals surface area (Å²) in [5, 5.41) is 18.3. The van der Waals surface area contributed by atoms with Gasteiger partial charge in [-0.1, -0.05) is 0 Å². The summed E-state index contributed by atoms with van der Waals surface area (Å²) in [5.74, 6) is 0. The molecular weight excluding hydrogens is 148 g/mol. The van der Waals surface area contributed by atoms with Gasteiger partial charge >= 0.3 is 6.09 Å². The van der Waals surface area contributed by atoms with Gasteiger partial charge in [-0.3, -0.25) is 0 Å². The summed E-state index contributed by atoms with van der Waals surface area (Å²) in [6.07, 6.45) is -0.721. The highest BCUT2D eigenvalue weighted by atomic mass is 16.5. The SMILES string of the molecule is N#CCCOCCNC(=O)O. The molecule has 0 aromatic carbocycles. The van der Waals surface area contributed by atoms with E-state index in [1.165, 1.54) is 0 Å². The van der Waals surface area contributed by atoms with Gasteiger partial charge in [0.15, 0.2) is 0 Å². The molecule has 0 atom stereocenters. The van der Waals surface area contributed by atoms with Crippen molar-refractivity contribution in [2.45, 2.75) is 6.42 Å². The van der Waals surface area contributed by atoms with E-state index in [-0.39, 0.29) is 6.54 Å². The number of nitrogens with zero attached hydrogens (tertiary/aromatic N) is 1. The molecule has 0 saturated carbocycles. The van der Waals surface area contributed by atoms with Gasteiger partial charge in [-0.05, 0) is 0 Å². The third kappa shape index (κ3) is 8.72. The van der Waals surface area contributed by atoms with Crippen LogP contribution in [0.5, 0.6) is 0 Å². The Labute approximate surface area is 64.6 Å². The van der Waals surface area contributed by atoms with Gasteiger partial charge in [0.1, 0.15) is 0 Å². The number of nitrogens with one attached hydrogen (secondary N) is 1. The molecule has 0 aromatic heterocycles. The minimum Gasteiger partial charge on any atom is -0.465 e. The van der Waals surface area contributed by atoms with Crippen molar-refractivity contribution < 1.29 is 14.6 Å². The van der Waals surface area contributed by atoms with E-state index >= 15 is 0 Å². The van der Waals surface area contributed by atoms with Crippen LogP contribution >= 0.6 is 0 Å². The molecule has 0 aliphatic heterocycles. The predicted octanol–water partition coefficient (Wildman–Crippen LogP) is 0.184. The lowest BCUT2D eigenvalue weighted by Gasteiger charge is -2.00. The summed E-state index contributed by atoms with van der Waals surface area (Å²) in [6.45, 7) is 0.937. The first-order chi connectivity index (χ1) is 5.27. The molecule has 0 rings (SSSR count). The van der Waals surface area contributed by atoms with E-state index in [0.29, 0.717) is 19.6 Å². The minimum absolute atomic E-state index is 0.265. The Bertz CT molecular complexity index is 152. The molecule has 2 N–H and O–H groups in total. The Hall–Kier alpha value is -1.28. The van der Waals surface area contributed by atoms with E-state index < -0.39 is 6.09 Å². The Balaban J connectivity index is 2.92. The number of hydrogen-bond acceptors (Lipinski definition) is 3. The van der Waals surface area contributed by atoms with Crippen molar-refractivity contribution in [2.75, 3.05) is 19.8 Å².